The summed E-state index contributed by atoms with van der Waals surface area (Å²) in [4.78, 5) is 49.7. The Kier molecular flexibility index (Phi) is 10.6. The first kappa shape index (κ1) is 29.0. The molecule has 0 spiro atoms. The van der Waals surface area contributed by atoms with Gasteiger partial charge >= 0.3 is 12.1 Å². The van der Waals surface area contributed by atoms with Gasteiger partial charge in [0.2, 0.25) is 11.8 Å². The van der Waals surface area contributed by atoms with Crippen molar-refractivity contribution in [1.29, 1.82) is 0 Å². The second kappa shape index (κ2) is 13.9. The molecule has 0 aliphatic heterocycles. The minimum atomic E-state index is -1.00. The monoisotopic (exact) mass is 541 g/mol. The van der Waals surface area contributed by atoms with Crippen molar-refractivity contribution in [2.75, 3.05) is 25.5 Å². The van der Waals surface area contributed by atoms with Gasteiger partial charge in [-0.05, 0) is 41.5 Å². The number of hydrogen-bond acceptors (Lipinski definition) is 7. The number of carbonyl (C=O) groups excluding carboxylic acids is 4. The highest BCUT2D eigenvalue weighted by atomic mass is 32.1. The number of thiol groups is 1. The number of rotatable bonds is 12. The lowest BCUT2D eigenvalue weighted by molar-refractivity contribution is -0.148. The van der Waals surface area contributed by atoms with Crippen LogP contribution in [0, 0.1) is 5.92 Å². The smallest absolute Gasteiger partial charge is 0.407 e. The topological polar surface area (TPSA) is 123 Å². The van der Waals surface area contributed by atoms with Crippen LogP contribution in [0.15, 0.2) is 48.5 Å². The number of benzene rings is 2. The Morgan fingerprint density at radius 1 is 0.895 bits per heavy atom. The minimum Gasteiger partial charge on any atom is -0.464 e. The number of hydrogen-bond donors (Lipinski definition) is 4. The van der Waals surface area contributed by atoms with Crippen molar-refractivity contribution in [2.24, 2.45) is 5.92 Å². The lowest BCUT2D eigenvalue weighted by Gasteiger charge is -2.22. The van der Waals surface area contributed by atoms with Gasteiger partial charge in [0.25, 0.3) is 0 Å². The van der Waals surface area contributed by atoms with Crippen molar-refractivity contribution in [3.05, 3.63) is 59.7 Å². The van der Waals surface area contributed by atoms with E-state index in [9.17, 15) is 19.2 Å². The Hall–Kier alpha value is -3.53. The summed E-state index contributed by atoms with van der Waals surface area (Å²) >= 11 is 4.15. The molecule has 204 valence electrons. The number of carbonyl (C=O) groups is 4. The number of amides is 3. The Morgan fingerprint density at radius 3 is 2.05 bits per heavy atom. The van der Waals surface area contributed by atoms with Crippen LogP contribution in [0.4, 0.5) is 4.79 Å². The largest absolute Gasteiger partial charge is 0.464 e. The van der Waals surface area contributed by atoms with Crippen molar-refractivity contribution in [1.82, 2.24) is 16.0 Å². The molecule has 0 radical (unpaired) electrons. The molecule has 10 heteroatoms. The van der Waals surface area contributed by atoms with Gasteiger partial charge in [-0.25, -0.2) is 9.59 Å². The third-order valence-corrected chi connectivity index (χ3v) is 6.53. The number of fused-ring (bicyclic) bond motifs is 3. The van der Waals surface area contributed by atoms with E-state index in [1.807, 2.05) is 62.4 Å². The summed E-state index contributed by atoms with van der Waals surface area (Å²) in [6.07, 6.45) is -0.352. The third-order valence-electron chi connectivity index (χ3n) is 6.17. The molecule has 0 bridgehead atoms. The summed E-state index contributed by atoms with van der Waals surface area (Å²) in [6, 6.07) is 14.2. The highest BCUT2D eigenvalue weighted by molar-refractivity contribution is 7.80. The van der Waals surface area contributed by atoms with Crippen LogP contribution in [0.25, 0.3) is 11.1 Å². The fraction of sp³-hybridized carbons (Fsp3) is 0.429. The molecule has 9 nitrogen and oxygen atoms in total. The molecule has 1 aliphatic carbocycles. The molecule has 38 heavy (non-hydrogen) atoms. The van der Waals surface area contributed by atoms with Crippen LogP contribution in [0.5, 0.6) is 0 Å². The van der Waals surface area contributed by atoms with E-state index in [0.29, 0.717) is 6.42 Å². The molecule has 0 saturated heterocycles. The van der Waals surface area contributed by atoms with Gasteiger partial charge in [0.1, 0.15) is 25.2 Å². The third kappa shape index (κ3) is 7.50. The molecule has 3 N–H and O–H groups in total. The molecule has 0 unspecified atom stereocenters. The summed E-state index contributed by atoms with van der Waals surface area (Å²) in [5.41, 5.74) is 4.40. The molecular weight excluding hydrogens is 506 g/mol. The second-order valence-electron chi connectivity index (χ2n) is 9.42. The molecule has 0 fully saturated rings. The highest BCUT2D eigenvalue weighted by Gasteiger charge is 2.30. The maximum absolute atomic E-state index is 12.7. The van der Waals surface area contributed by atoms with Crippen LogP contribution in [0.1, 0.15) is 44.2 Å². The number of nitrogens with one attached hydrogen (secondary N) is 3. The summed E-state index contributed by atoms with van der Waals surface area (Å²) in [5, 5.41) is 7.58. The van der Waals surface area contributed by atoms with Gasteiger partial charge < -0.3 is 25.4 Å². The number of ether oxygens (including phenoxy) is 2. The maximum atomic E-state index is 12.7. The zero-order valence-electron chi connectivity index (χ0n) is 21.9. The van der Waals surface area contributed by atoms with E-state index < -0.39 is 36.0 Å². The Bertz CT molecular complexity index is 1110. The van der Waals surface area contributed by atoms with E-state index in [1.54, 1.807) is 6.92 Å². The molecule has 3 rings (SSSR count). The predicted octanol–water partition coefficient (Wildman–Crippen LogP) is 3.03. The van der Waals surface area contributed by atoms with E-state index in [0.717, 1.165) is 22.3 Å². The highest BCUT2D eigenvalue weighted by Crippen LogP contribution is 2.44. The molecule has 3 amide bonds. The Morgan fingerprint density at radius 2 is 1.50 bits per heavy atom. The van der Waals surface area contributed by atoms with E-state index in [4.69, 9.17) is 9.47 Å². The average molecular weight is 542 g/mol. The molecule has 2 aromatic carbocycles. The van der Waals surface area contributed by atoms with Crippen LogP contribution in [0.2, 0.25) is 0 Å². The average Bonchev–Trinajstić information content (AvgIpc) is 3.22. The molecule has 2 atom stereocenters. The van der Waals surface area contributed by atoms with Gasteiger partial charge in [0.05, 0.1) is 6.61 Å². The zero-order chi connectivity index (χ0) is 27.7. The van der Waals surface area contributed by atoms with E-state index >= 15 is 0 Å². The zero-order valence-corrected chi connectivity index (χ0v) is 22.8. The quantitative estimate of drug-likeness (QED) is 0.242. The van der Waals surface area contributed by atoms with Crippen LogP contribution < -0.4 is 16.0 Å². The Labute approximate surface area is 228 Å². The number of alkyl carbamates (subject to hydrolysis) is 1. The van der Waals surface area contributed by atoms with Crippen molar-refractivity contribution < 1.29 is 28.7 Å². The van der Waals surface area contributed by atoms with E-state index in [1.165, 1.54) is 0 Å². The number of esters is 1. The lowest BCUT2D eigenvalue weighted by Crippen LogP contribution is -2.54. The van der Waals surface area contributed by atoms with Crippen LogP contribution in [-0.4, -0.2) is 61.5 Å². The van der Waals surface area contributed by atoms with Gasteiger partial charge in [-0.1, -0.05) is 62.4 Å². The molecule has 2 aromatic rings. The van der Waals surface area contributed by atoms with E-state index in [-0.39, 0.29) is 37.3 Å². The summed E-state index contributed by atoms with van der Waals surface area (Å²) in [5.74, 6) is -1.65. The van der Waals surface area contributed by atoms with E-state index in [2.05, 4.69) is 28.6 Å². The van der Waals surface area contributed by atoms with Crippen molar-refractivity contribution in [2.45, 2.75) is 45.2 Å². The van der Waals surface area contributed by atoms with Crippen molar-refractivity contribution in [3.63, 3.8) is 0 Å². The van der Waals surface area contributed by atoms with Crippen molar-refractivity contribution in [3.8, 4) is 11.1 Å². The standard InChI is InChI=1S/C28H35N3O6S/c1-4-36-27(34)23(13-17(2)3)31-26(33)24(16-38)30-25(32)14-29-28(35)37-15-22-20-11-7-5-9-18(20)19-10-6-8-12-21(19)22/h5-12,17,22-24,38H,4,13-16H2,1-3H3,(H,29,35)(H,30,32)(H,31,33)/t23-,24-/m0/s1. The first-order valence-corrected chi connectivity index (χ1v) is 13.3. The summed E-state index contributed by atoms with van der Waals surface area (Å²) < 4.78 is 10.5. The van der Waals surface area contributed by atoms with Gasteiger partial charge in [-0.2, -0.15) is 12.6 Å². The SMILES string of the molecule is CCOC(=O)[C@H](CC(C)C)NC(=O)[C@H](CS)NC(=O)CNC(=O)OCC1c2ccccc2-c2ccccc21. The predicted molar refractivity (Wildman–Crippen MR) is 147 cm³/mol. The normalized spacial score (nSPS) is 13.6. The molecular formula is C28H35N3O6S. The van der Waals surface area contributed by atoms with Crippen molar-refractivity contribution >= 4 is 36.5 Å². The minimum absolute atomic E-state index is 0.000256. The maximum Gasteiger partial charge on any atom is 0.407 e. The first-order valence-electron chi connectivity index (χ1n) is 12.7. The summed E-state index contributed by atoms with van der Waals surface area (Å²) in [7, 11) is 0. The fourth-order valence-electron chi connectivity index (χ4n) is 4.44. The fourth-order valence-corrected chi connectivity index (χ4v) is 4.70. The lowest BCUT2D eigenvalue weighted by atomic mass is 9.98. The van der Waals surface area contributed by atoms with Crippen LogP contribution >= 0.6 is 12.6 Å². The first-order chi connectivity index (χ1) is 18.2. The summed E-state index contributed by atoms with van der Waals surface area (Å²) in [6.45, 7) is 5.45. The molecule has 1 aliphatic rings. The van der Waals surface area contributed by atoms with Crippen LogP contribution in [-0.2, 0) is 23.9 Å². The molecule has 0 saturated carbocycles. The second-order valence-corrected chi connectivity index (χ2v) is 9.79. The van der Waals surface area contributed by atoms with Gasteiger partial charge in [-0.15, -0.1) is 0 Å². The van der Waals surface area contributed by atoms with Gasteiger partial charge in [-0.3, -0.25) is 9.59 Å². The van der Waals surface area contributed by atoms with Gasteiger partial charge in [0, 0.05) is 11.7 Å². The molecule has 0 aromatic heterocycles. The van der Waals surface area contributed by atoms with Crippen LogP contribution in [0.3, 0.4) is 0 Å². The Balaban J connectivity index is 1.49. The van der Waals surface area contributed by atoms with Gasteiger partial charge in [0.15, 0.2) is 0 Å². The molecule has 0 heterocycles.